The number of para-hydroxylation sites is 1. The number of aromatic nitrogens is 1. The van der Waals surface area contributed by atoms with Crippen molar-refractivity contribution in [2.75, 3.05) is 6.61 Å². The molecular formula is C20H28FN3O3. The smallest absolute Gasteiger partial charge is 0.315 e. The fraction of sp³-hybridized carbons (Fsp3) is 0.500. The zero-order valence-corrected chi connectivity index (χ0v) is 16.5. The molecule has 1 heterocycles. The standard InChI is InChI=1S/C20H28FN3O3/c1-13(2)16-10-14(27-24-16)11-22-19(25)23-18(20(3,4)5)12-26-17-9-7-6-8-15(17)21/h6-10,13,18H,11-12H2,1-5H3,(H2,22,23,25). The van der Waals surface area contributed by atoms with E-state index in [1.807, 2.05) is 40.7 Å². The molecule has 7 heteroatoms. The van der Waals surface area contributed by atoms with Crippen molar-refractivity contribution in [2.24, 2.45) is 5.41 Å². The molecule has 6 nitrogen and oxygen atoms in total. The third-order valence-corrected chi connectivity index (χ3v) is 4.18. The molecule has 0 fully saturated rings. The van der Waals surface area contributed by atoms with Crippen LogP contribution in [0.15, 0.2) is 34.9 Å². The molecule has 0 radical (unpaired) electrons. The van der Waals surface area contributed by atoms with E-state index in [0.717, 1.165) is 5.69 Å². The molecule has 1 atom stereocenters. The van der Waals surface area contributed by atoms with Crippen LogP contribution in [0.5, 0.6) is 5.75 Å². The molecule has 1 unspecified atom stereocenters. The second-order valence-electron chi connectivity index (χ2n) is 7.86. The zero-order chi connectivity index (χ0) is 20.0. The number of nitrogens with zero attached hydrogens (tertiary/aromatic N) is 1. The number of hydrogen-bond donors (Lipinski definition) is 2. The number of nitrogens with one attached hydrogen (secondary N) is 2. The summed E-state index contributed by atoms with van der Waals surface area (Å²) in [6.45, 7) is 10.4. The number of ether oxygens (including phenoxy) is 1. The highest BCUT2D eigenvalue weighted by molar-refractivity contribution is 5.74. The zero-order valence-electron chi connectivity index (χ0n) is 16.5. The van der Waals surface area contributed by atoms with Gasteiger partial charge in [-0.3, -0.25) is 0 Å². The van der Waals surface area contributed by atoms with E-state index < -0.39 is 5.82 Å². The van der Waals surface area contributed by atoms with Gasteiger partial charge in [-0.2, -0.15) is 0 Å². The number of benzene rings is 1. The third kappa shape index (κ3) is 6.27. The lowest BCUT2D eigenvalue weighted by Crippen LogP contribution is -2.50. The van der Waals surface area contributed by atoms with Gasteiger partial charge in [-0.05, 0) is 23.5 Å². The Labute approximate surface area is 159 Å². The maximum atomic E-state index is 13.7. The lowest BCUT2D eigenvalue weighted by Gasteiger charge is -2.31. The van der Waals surface area contributed by atoms with E-state index in [0.29, 0.717) is 5.76 Å². The first-order valence-electron chi connectivity index (χ1n) is 9.04. The van der Waals surface area contributed by atoms with Crippen molar-refractivity contribution >= 4 is 6.03 Å². The second kappa shape index (κ2) is 8.88. The normalized spacial score (nSPS) is 12.7. The van der Waals surface area contributed by atoms with E-state index in [2.05, 4.69) is 15.8 Å². The highest BCUT2D eigenvalue weighted by Gasteiger charge is 2.27. The lowest BCUT2D eigenvalue weighted by atomic mass is 9.87. The van der Waals surface area contributed by atoms with E-state index in [-0.39, 0.29) is 42.3 Å². The van der Waals surface area contributed by atoms with E-state index >= 15 is 0 Å². The number of carbonyl (C=O) groups is 1. The largest absolute Gasteiger partial charge is 0.488 e. The minimum absolute atomic E-state index is 0.150. The van der Waals surface area contributed by atoms with E-state index in [4.69, 9.17) is 9.26 Å². The lowest BCUT2D eigenvalue weighted by molar-refractivity contribution is 0.167. The van der Waals surface area contributed by atoms with Crippen molar-refractivity contribution in [3.05, 3.63) is 47.6 Å². The maximum Gasteiger partial charge on any atom is 0.315 e. The summed E-state index contributed by atoms with van der Waals surface area (Å²) < 4.78 is 24.5. The quantitative estimate of drug-likeness (QED) is 0.757. The molecule has 2 amide bonds. The van der Waals surface area contributed by atoms with Crippen molar-refractivity contribution in [3.8, 4) is 5.75 Å². The van der Waals surface area contributed by atoms with E-state index in [9.17, 15) is 9.18 Å². The summed E-state index contributed by atoms with van der Waals surface area (Å²) in [4.78, 5) is 12.3. The number of rotatable bonds is 7. The maximum absolute atomic E-state index is 13.7. The van der Waals surface area contributed by atoms with Gasteiger partial charge in [0.05, 0.1) is 18.3 Å². The van der Waals surface area contributed by atoms with Gasteiger partial charge in [0, 0.05) is 6.07 Å². The molecule has 0 aliphatic rings. The van der Waals surface area contributed by atoms with Crippen LogP contribution in [0, 0.1) is 11.2 Å². The van der Waals surface area contributed by atoms with Gasteiger partial charge in [-0.25, -0.2) is 9.18 Å². The number of urea groups is 1. The Bertz CT molecular complexity index is 753. The van der Waals surface area contributed by atoms with Crippen LogP contribution in [0.2, 0.25) is 0 Å². The van der Waals surface area contributed by atoms with Crippen molar-refractivity contribution in [1.29, 1.82) is 0 Å². The van der Waals surface area contributed by atoms with Crippen molar-refractivity contribution < 1.29 is 18.4 Å². The van der Waals surface area contributed by atoms with Gasteiger partial charge in [-0.15, -0.1) is 0 Å². The van der Waals surface area contributed by atoms with Gasteiger partial charge in [0.15, 0.2) is 17.3 Å². The number of hydrogen-bond acceptors (Lipinski definition) is 4. The summed E-state index contributed by atoms with van der Waals surface area (Å²) in [7, 11) is 0. The van der Waals surface area contributed by atoms with Crippen LogP contribution in [0.1, 0.15) is 52.0 Å². The average Bonchev–Trinajstić information content (AvgIpc) is 3.06. The first-order valence-corrected chi connectivity index (χ1v) is 9.04. The van der Waals surface area contributed by atoms with Crippen LogP contribution in [0.3, 0.4) is 0 Å². The molecule has 2 aromatic rings. The minimum atomic E-state index is -0.430. The van der Waals surface area contributed by atoms with Crippen LogP contribution < -0.4 is 15.4 Å². The molecule has 148 valence electrons. The van der Waals surface area contributed by atoms with Gasteiger partial charge in [0.1, 0.15) is 6.61 Å². The van der Waals surface area contributed by atoms with Gasteiger partial charge < -0.3 is 19.9 Å². The van der Waals surface area contributed by atoms with Gasteiger partial charge in [-0.1, -0.05) is 51.9 Å². The fourth-order valence-electron chi connectivity index (χ4n) is 2.30. The fourth-order valence-corrected chi connectivity index (χ4v) is 2.30. The molecule has 27 heavy (non-hydrogen) atoms. The highest BCUT2D eigenvalue weighted by atomic mass is 19.1. The summed E-state index contributed by atoms with van der Waals surface area (Å²) in [5, 5.41) is 9.60. The Morgan fingerprint density at radius 3 is 2.59 bits per heavy atom. The van der Waals surface area contributed by atoms with Gasteiger partial charge in [0.25, 0.3) is 0 Å². The van der Waals surface area contributed by atoms with Crippen LogP contribution in [0.25, 0.3) is 0 Å². The van der Waals surface area contributed by atoms with Gasteiger partial charge >= 0.3 is 6.03 Å². The average molecular weight is 377 g/mol. The first-order chi connectivity index (χ1) is 12.7. The molecule has 0 spiro atoms. The molecule has 1 aromatic heterocycles. The Hall–Kier alpha value is -2.57. The summed E-state index contributed by atoms with van der Waals surface area (Å²) in [5.41, 5.74) is 0.567. The second-order valence-corrected chi connectivity index (χ2v) is 7.86. The molecule has 0 bridgehead atoms. The number of amides is 2. The molecule has 0 saturated heterocycles. The Morgan fingerprint density at radius 1 is 1.30 bits per heavy atom. The van der Waals surface area contributed by atoms with E-state index in [1.165, 1.54) is 6.07 Å². The minimum Gasteiger partial charge on any atom is -0.488 e. The number of halogens is 1. The van der Waals surface area contributed by atoms with Gasteiger partial charge in [0.2, 0.25) is 0 Å². The number of carbonyl (C=O) groups excluding carboxylic acids is 1. The summed E-state index contributed by atoms with van der Waals surface area (Å²) >= 11 is 0. The Kier molecular flexibility index (Phi) is 6.82. The Balaban J connectivity index is 1.90. The SMILES string of the molecule is CC(C)c1cc(CNC(=O)NC(COc2ccccc2F)C(C)(C)C)on1. The first kappa shape index (κ1) is 20.7. The predicted molar refractivity (Wildman–Crippen MR) is 101 cm³/mol. The molecule has 1 aromatic carbocycles. The molecular weight excluding hydrogens is 349 g/mol. The molecule has 0 aliphatic heterocycles. The van der Waals surface area contributed by atoms with Crippen LogP contribution in [-0.2, 0) is 6.54 Å². The van der Waals surface area contributed by atoms with E-state index in [1.54, 1.807) is 18.2 Å². The molecule has 0 saturated carbocycles. The van der Waals surface area contributed by atoms with Crippen LogP contribution >= 0.6 is 0 Å². The topological polar surface area (TPSA) is 76.4 Å². The molecule has 2 rings (SSSR count). The third-order valence-electron chi connectivity index (χ3n) is 4.18. The monoisotopic (exact) mass is 377 g/mol. The highest BCUT2D eigenvalue weighted by Crippen LogP contribution is 2.22. The van der Waals surface area contributed by atoms with Crippen LogP contribution in [-0.4, -0.2) is 23.8 Å². The van der Waals surface area contributed by atoms with Crippen LogP contribution in [0.4, 0.5) is 9.18 Å². The summed E-state index contributed by atoms with van der Waals surface area (Å²) in [6.07, 6.45) is 0. The van der Waals surface area contributed by atoms with Crippen molar-refractivity contribution in [3.63, 3.8) is 0 Å². The molecule has 0 aliphatic carbocycles. The summed E-state index contributed by atoms with van der Waals surface area (Å²) in [5.74, 6) is 0.582. The molecule has 2 N–H and O–H groups in total. The predicted octanol–water partition coefficient (Wildman–Crippen LogP) is 4.23. The van der Waals surface area contributed by atoms with Crippen molar-refractivity contribution in [2.45, 2.75) is 53.1 Å². The van der Waals surface area contributed by atoms with Crippen molar-refractivity contribution in [1.82, 2.24) is 15.8 Å². The summed E-state index contributed by atoms with van der Waals surface area (Å²) in [6, 6.07) is 7.35. The Morgan fingerprint density at radius 2 is 2.00 bits per heavy atom.